The van der Waals surface area contributed by atoms with Crippen LogP contribution >= 0.6 is 0 Å². The summed E-state index contributed by atoms with van der Waals surface area (Å²) in [6.07, 6.45) is 2.43. The first kappa shape index (κ1) is 15.1. The molecular formula is C16H21N3O2. The molecule has 5 nitrogen and oxygen atoms in total. The molecule has 0 bridgehead atoms. The molecular weight excluding hydrogens is 266 g/mol. The predicted octanol–water partition coefficient (Wildman–Crippen LogP) is 3.55. The Morgan fingerprint density at radius 2 is 1.71 bits per heavy atom. The van der Waals surface area contributed by atoms with Gasteiger partial charge in [0.15, 0.2) is 5.69 Å². The van der Waals surface area contributed by atoms with Crippen LogP contribution in [0.15, 0.2) is 30.6 Å². The summed E-state index contributed by atoms with van der Waals surface area (Å²) < 4.78 is 10.7. The number of aromatic nitrogens is 2. The van der Waals surface area contributed by atoms with E-state index >= 15 is 0 Å². The van der Waals surface area contributed by atoms with Crippen LogP contribution in [0.5, 0.6) is 17.5 Å². The van der Waals surface area contributed by atoms with E-state index in [4.69, 9.17) is 15.2 Å². The maximum Gasteiger partial charge on any atom is 0.249 e. The number of nitrogens with two attached hydrogens (primary N) is 1. The summed E-state index contributed by atoms with van der Waals surface area (Å²) in [6.45, 7) is 6.62. The average molecular weight is 287 g/mol. The fourth-order valence-corrected chi connectivity index (χ4v) is 1.90. The first-order valence-electron chi connectivity index (χ1n) is 6.90. The van der Waals surface area contributed by atoms with Gasteiger partial charge < -0.3 is 15.2 Å². The highest BCUT2D eigenvalue weighted by atomic mass is 16.5. The standard InChI is InChI=1S/C16H21N3O2/c1-5-16(2,3)11-6-8-12(9-7-11)21-15-13(17)14(20-4)18-10-19-15/h6-10H,5,17H2,1-4H3. The van der Waals surface area contributed by atoms with Crippen LogP contribution in [-0.4, -0.2) is 17.1 Å². The van der Waals surface area contributed by atoms with E-state index in [9.17, 15) is 0 Å². The molecule has 0 atom stereocenters. The van der Waals surface area contributed by atoms with Crippen molar-refractivity contribution in [2.45, 2.75) is 32.6 Å². The van der Waals surface area contributed by atoms with Crippen LogP contribution in [0.1, 0.15) is 32.8 Å². The molecule has 0 aliphatic carbocycles. The molecule has 0 saturated carbocycles. The van der Waals surface area contributed by atoms with Gasteiger partial charge in [-0.25, -0.2) is 0 Å². The van der Waals surface area contributed by atoms with Gasteiger partial charge in [-0.3, -0.25) is 0 Å². The lowest BCUT2D eigenvalue weighted by Gasteiger charge is -2.23. The van der Waals surface area contributed by atoms with Gasteiger partial charge in [0, 0.05) is 0 Å². The maximum atomic E-state index is 5.89. The minimum atomic E-state index is 0.149. The molecule has 0 saturated heterocycles. The average Bonchev–Trinajstić information content (AvgIpc) is 2.50. The molecule has 0 spiro atoms. The van der Waals surface area contributed by atoms with Crippen molar-refractivity contribution in [3.05, 3.63) is 36.2 Å². The molecule has 0 aliphatic heterocycles. The van der Waals surface area contributed by atoms with Crippen LogP contribution in [0.4, 0.5) is 5.69 Å². The van der Waals surface area contributed by atoms with Gasteiger partial charge in [0.2, 0.25) is 11.8 Å². The number of nitrogen functional groups attached to an aromatic ring is 1. The van der Waals surface area contributed by atoms with E-state index in [0.717, 1.165) is 6.42 Å². The fraction of sp³-hybridized carbons (Fsp3) is 0.375. The summed E-state index contributed by atoms with van der Waals surface area (Å²) in [4.78, 5) is 7.95. The number of rotatable bonds is 5. The van der Waals surface area contributed by atoms with Crippen LogP contribution < -0.4 is 15.2 Å². The predicted molar refractivity (Wildman–Crippen MR) is 82.8 cm³/mol. The Labute approximate surface area is 125 Å². The Morgan fingerprint density at radius 1 is 1.10 bits per heavy atom. The number of ether oxygens (including phenoxy) is 2. The lowest BCUT2D eigenvalue weighted by atomic mass is 9.82. The van der Waals surface area contributed by atoms with E-state index in [1.807, 2.05) is 12.1 Å². The van der Waals surface area contributed by atoms with E-state index in [-0.39, 0.29) is 11.1 Å². The normalized spacial score (nSPS) is 11.2. The Balaban J connectivity index is 2.22. The van der Waals surface area contributed by atoms with Crippen LogP contribution in [0.25, 0.3) is 0 Å². The summed E-state index contributed by atoms with van der Waals surface area (Å²) >= 11 is 0. The molecule has 2 aromatic rings. The monoisotopic (exact) mass is 287 g/mol. The molecule has 5 heteroatoms. The van der Waals surface area contributed by atoms with Gasteiger partial charge in [-0.05, 0) is 29.5 Å². The molecule has 0 unspecified atom stereocenters. The fourth-order valence-electron chi connectivity index (χ4n) is 1.90. The third kappa shape index (κ3) is 3.24. The highest BCUT2D eigenvalue weighted by Gasteiger charge is 2.18. The quantitative estimate of drug-likeness (QED) is 0.910. The SMILES string of the molecule is CCC(C)(C)c1ccc(Oc2ncnc(OC)c2N)cc1. The maximum absolute atomic E-state index is 5.89. The van der Waals surface area contributed by atoms with Crippen molar-refractivity contribution in [3.63, 3.8) is 0 Å². The van der Waals surface area contributed by atoms with E-state index in [1.54, 1.807) is 0 Å². The van der Waals surface area contributed by atoms with Crippen molar-refractivity contribution < 1.29 is 9.47 Å². The zero-order chi connectivity index (χ0) is 15.5. The van der Waals surface area contributed by atoms with Crippen molar-refractivity contribution in [1.82, 2.24) is 9.97 Å². The van der Waals surface area contributed by atoms with Crippen molar-refractivity contribution >= 4 is 5.69 Å². The smallest absolute Gasteiger partial charge is 0.249 e. The van der Waals surface area contributed by atoms with Gasteiger partial charge in [0.25, 0.3) is 0 Å². The second kappa shape index (κ2) is 5.99. The molecule has 1 aromatic heterocycles. The van der Waals surface area contributed by atoms with Gasteiger partial charge in [-0.1, -0.05) is 32.9 Å². The largest absolute Gasteiger partial charge is 0.479 e. The van der Waals surface area contributed by atoms with Gasteiger partial charge in [-0.15, -0.1) is 0 Å². The summed E-state index contributed by atoms with van der Waals surface area (Å²) in [5.41, 5.74) is 7.59. The van der Waals surface area contributed by atoms with Crippen molar-refractivity contribution in [1.29, 1.82) is 0 Å². The zero-order valence-corrected chi connectivity index (χ0v) is 12.9. The number of nitrogens with zero attached hydrogens (tertiary/aromatic N) is 2. The number of hydrogen-bond donors (Lipinski definition) is 1. The third-order valence-corrected chi connectivity index (χ3v) is 3.74. The summed E-state index contributed by atoms with van der Waals surface area (Å²) in [6, 6.07) is 7.96. The summed E-state index contributed by atoms with van der Waals surface area (Å²) in [5, 5.41) is 0. The number of methoxy groups -OCH3 is 1. The molecule has 0 fully saturated rings. The molecule has 112 valence electrons. The van der Waals surface area contributed by atoms with Gasteiger partial charge in [-0.2, -0.15) is 9.97 Å². The van der Waals surface area contributed by atoms with Crippen LogP contribution in [0.3, 0.4) is 0 Å². The lowest BCUT2D eigenvalue weighted by Crippen LogP contribution is -2.14. The second-order valence-electron chi connectivity index (χ2n) is 5.47. The molecule has 2 rings (SSSR count). The van der Waals surface area contributed by atoms with Crippen LogP contribution in [0, 0.1) is 0 Å². The molecule has 0 aliphatic rings. The molecule has 1 aromatic carbocycles. The number of anilines is 1. The van der Waals surface area contributed by atoms with Gasteiger partial charge in [0.05, 0.1) is 7.11 Å². The Bertz CT molecular complexity index is 609. The molecule has 1 heterocycles. The van der Waals surface area contributed by atoms with Crippen molar-refractivity contribution in [3.8, 4) is 17.5 Å². The first-order valence-corrected chi connectivity index (χ1v) is 6.90. The first-order chi connectivity index (χ1) is 9.97. The zero-order valence-electron chi connectivity index (χ0n) is 12.9. The molecule has 21 heavy (non-hydrogen) atoms. The van der Waals surface area contributed by atoms with Crippen LogP contribution in [0.2, 0.25) is 0 Å². The number of hydrogen-bond acceptors (Lipinski definition) is 5. The molecule has 0 amide bonds. The van der Waals surface area contributed by atoms with E-state index in [1.165, 1.54) is 19.0 Å². The van der Waals surface area contributed by atoms with E-state index in [2.05, 4.69) is 42.9 Å². The molecule has 0 radical (unpaired) electrons. The van der Waals surface area contributed by atoms with Gasteiger partial charge in [0.1, 0.15) is 12.1 Å². The lowest BCUT2D eigenvalue weighted by molar-refractivity contribution is 0.391. The third-order valence-electron chi connectivity index (χ3n) is 3.74. The highest BCUT2D eigenvalue weighted by Crippen LogP contribution is 2.32. The van der Waals surface area contributed by atoms with Crippen molar-refractivity contribution in [2.24, 2.45) is 0 Å². The summed E-state index contributed by atoms with van der Waals surface area (Å²) in [7, 11) is 1.50. The van der Waals surface area contributed by atoms with E-state index in [0.29, 0.717) is 17.5 Å². The van der Waals surface area contributed by atoms with Gasteiger partial charge >= 0.3 is 0 Å². The second-order valence-corrected chi connectivity index (χ2v) is 5.47. The topological polar surface area (TPSA) is 70.3 Å². The van der Waals surface area contributed by atoms with E-state index < -0.39 is 0 Å². The molecule has 2 N–H and O–H groups in total. The minimum Gasteiger partial charge on any atom is -0.479 e. The minimum absolute atomic E-state index is 0.149. The highest BCUT2D eigenvalue weighted by molar-refractivity contribution is 5.56. The van der Waals surface area contributed by atoms with Crippen LogP contribution in [-0.2, 0) is 5.41 Å². The Morgan fingerprint density at radius 3 is 2.29 bits per heavy atom. The Hall–Kier alpha value is -2.30. The van der Waals surface area contributed by atoms with Crippen molar-refractivity contribution in [2.75, 3.05) is 12.8 Å². The summed E-state index contributed by atoms with van der Waals surface area (Å²) in [5.74, 6) is 1.28. The number of benzene rings is 1. The Kier molecular flexibility index (Phi) is 4.31.